The van der Waals surface area contributed by atoms with Crippen molar-refractivity contribution in [3.8, 4) is 0 Å². The number of nitrogens with zero attached hydrogens (tertiary/aromatic N) is 3. The van der Waals surface area contributed by atoms with E-state index in [-0.39, 0.29) is 5.54 Å². The third-order valence-corrected chi connectivity index (χ3v) is 155. The van der Waals surface area contributed by atoms with Crippen LogP contribution in [0.25, 0.3) is 0 Å². The van der Waals surface area contributed by atoms with Crippen LogP contribution in [0, 0.1) is 0 Å². The van der Waals surface area contributed by atoms with E-state index in [2.05, 4.69) is 147 Å². The fourth-order valence-electron chi connectivity index (χ4n) is 10.0. The largest absolute Gasteiger partial charge is 0.380 e. The van der Waals surface area contributed by atoms with Gasteiger partial charge in [-0.3, -0.25) is 0 Å². The Labute approximate surface area is 237 Å². The van der Waals surface area contributed by atoms with Gasteiger partial charge in [0.05, 0.1) is 53.9 Å². The fraction of sp³-hybridized carbons (Fsp3) is 0.957. The van der Waals surface area contributed by atoms with Gasteiger partial charge in [-0.05, 0) is 20.8 Å². The second-order valence-electron chi connectivity index (χ2n) is 18.3. The van der Waals surface area contributed by atoms with E-state index in [4.69, 9.17) is 4.75 Å². The lowest BCUT2D eigenvalue weighted by Crippen LogP contribution is -2.92. The number of hydrogen-bond acceptors (Lipinski definition) is 2. The zero-order valence-corrected chi connectivity index (χ0v) is 38.0. The molecule has 0 fully saturated rings. The summed E-state index contributed by atoms with van der Waals surface area (Å²) in [6.45, 7) is 53.2. The molecular formula is C23H63N3P2Si8. The number of rotatable bonds is 9. The third-order valence-electron chi connectivity index (χ3n) is 8.42. The van der Waals surface area contributed by atoms with E-state index < -0.39 is 59.1 Å². The van der Waals surface area contributed by atoms with Crippen molar-refractivity contribution in [1.82, 2.24) is 8.50 Å². The Kier molecular flexibility index (Phi) is 10.0. The molecule has 1 aromatic rings. The fourth-order valence-corrected chi connectivity index (χ4v) is 230. The lowest BCUT2D eigenvalue weighted by molar-refractivity contribution is 0.578. The molecule has 0 saturated carbocycles. The van der Waals surface area contributed by atoms with Crippen LogP contribution in [0.5, 0.6) is 0 Å². The monoisotopic (exact) mass is 667 g/mol. The Morgan fingerprint density at radius 3 is 1.08 bits per heavy atom. The average Bonchev–Trinajstić information content (AvgIpc) is 2.91. The van der Waals surface area contributed by atoms with Crippen molar-refractivity contribution in [2.24, 2.45) is 0 Å². The molecule has 0 atom stereocenters. The van der Waals surface area contributed by atoms with Crippen LogP contribution in [0.3, 0.4) is 0 Å². The molecule has 0 unspecified atom stereocenters. The topological polar surface area (TPSA) is 21.1 Å². The van der Waals surface area contributed by atoms with Gasteiger partial charge >= 0.3 is 0 Å². The molecule has 0 aliphatic rings. The van der Waals surface area contributed by atoms with Crippen molar-refractivity contribution in [3.63, 3.8) is 0 Å². The van der Waals surface area contributed by atoms with Crippen molar-refractivity contribution >= 4 is 81.5 Å². The summed E-state index contributed by atoms with van der Waals surface area (Å²) in [6.07, 6.45) is 0. The predicted octanol–water partition coefficient (Wildman–Crippen LogP) is 9.89. The lowest BCUT2D eigenvalue weighted by Gasteiger charge is -2.65. The van der Waals surface area contributed by atoms with E-state index in [1.54, 1.807) is 0 Å². The molecule has 3 nitrogen and oxygen atoms in total. The van der Waals surface area contributed by atoms with Gasteiger partial charge in [0.15, 0.2) is 5.55 Å². The van der Waals surface area contributed by atoms with E-state index in [1.807, 2.05) is 0 Å². The second kappa shape index (κ2) is 10.2. The highest BCUT2D eigenvalue weighted by Gasteiger charge is 2.68. The van der Waals surface area contributed by atoms with E-state index >= 15 is 0 Å². The minimum Gasteiger partial charge on any atom is -0.380 e. The number of anilines is 1. The summed E-state index contributed by atoms with van der Waals surface area (Å²) in [5, 5.41) is 0. The maximum atomic E-state index is 5.63. The quantitative estimate of drug-likeness (QED) is 0.245. The van der Waals surface area contributed by atoms with E-state index in [0.29, 0.717) is 0 Å². The van der Waals surface area contributed by atoms with Gasteiger partial charge < -0.3 is 8.32 Å². The molecule has 0 aliphatic heterocycles. The molecule has 0 aliphatic carbocycles. The third kappa shape index (κ3) is 5.68. The molecule has 1 heterocycles. The van der Waals surface area contributed by atoms with Crippen LogP contribution in [0.15, 0.2) is 0 Å². The molecule has 0 aromatic carbocycles. The summed E-state index contributed by atoms with van der Waals surface area (Å²) in [6, 6.07) is 0. The molecule has 0 bridgehead atoms. The first-order valence-corrected chi connectivity index (χ1v) is 46.5. The van der Waals surface area contributed by atoms with Gasteiger partial charge in [-0.25, -0.2) is 0 Å². The maximum Gasteiger partial charge on any atom is 0.171 e. The first-order chi connectivity index (χ1) is 15.3. The van der Waals surface area contributed by atoms with Gasteiger partial charge in [0.2, 0.25) is 0 Å². The van der Waals surface area contributed by atoms with E-state index in [1.165, 1.54) is 22.4 Å². The summed E-state index contributed by atoms with van der Waals surface area (Å²) in [7, 11) is -6.00. The maximum absolute atomic E-state index is 5.63. The highest BCUT2D eigenvalue weighted by atomic mass is 31.1. The highest BCUT2D eigenvalue weighted by Crippen LogP contribution is 2.50. The zero-order valence-electron chi connectivity index (χ0n) is 28.2. The summed E-state index contributed by atoms with van der Waals surface area (Å²) in [5.74, 6) is 0. The van der Waals surface area contributed by atoms with Gasteiger partial charge in [0, 0.05) is 5.54 Å². The van der Waals surface area contributed by atoms with Crippen LogP contribution in [0.2, 0.25) is 118 Å². The van der Waals surface area contributed by atoms with Gasteiger partial charge in [-0.1, -0.05) is 118 Å². The lowest BCUT2D eigenvalue weighted by atomic mass is 10.1. The van der Waals surface area contributed by atoms with Crippen molar-refractivity contribution in [2.75, 3.05) is 4.57 Å². The molecule has 1 aromatic heterocycles. The van der Waals surface area contributed by atoms with E-state index in [0.717, 1.165) is 0 Å². The second-order valence-corrected chi connectivity index (χ2v) is 101. The molecule has 0 amide bonds. The van der Waals surface area contributed by atoms with Crippen molar-refractivity contribution in [2.45, 2.75) is 144 Å². The first-order valence-electron chi connectivity index (χ1n) is 13.9. The molecule has 1 rings (SSSR count). The van der Waals surface area contributed by atoms with Crippen LogP contribution < -0.4 is 4.57 Å². The standard InChI is InChI=1S/C23H63N3P2Si8/c1-23(2,3)25(35(29(4,5)6,30(7,8)9)31(10,11)12)22-24-28-26(27-22)36(32(13,14)15,33(16,17)18)34(19,20)21/h1-21H3. The average molecular weight is 668 g/mol. The normalized spacial score (nSPS) is 16.4. The Hall–Kier alpha value is 1.61. The SMILES string of the molecule is CC(C)(C)N(c1npn([Si]([Si](C)(C)C)([Si](C)(C)C)[Si](C)(C)C)p1)[Si]([Si](C)(C)C)([Si](C)(C)C)[Si](C)(C)C. The minimum atomic E-state index is -1.83. The van der Waals surface area contributed by atoms with Crippen LogP contribution in [-0.2, 0) is 0 Å². The van der Waals surface area contributed by atoms with Gasteiger partial charge in [0.25, 0.3) is 0 Å². The molecule has 0 saturated heterocycles. The highest BCUT2D eigenvalue weighted by molar-refractivity contribution is 7.92. The van der Waals surface area contributed by atoms with Crippen molar-refractivity contribution in [3.05, 3.63) is 0 Å². The van der Waals surface area contributed by atoms with Crippen LogP contribution in [-0.4, -0.2) is 73.2 Å². The number of hydrogen-bond donors (Lipinski definition) is 0. The Morgan fingerprint density at radius 1 is 0.556 bits per heavy atom. The van der Waals surface area contributed by atoms with Crippen molar-refractivity contribution in [1.29, 1.82) is 0 Å². The van der Waals surface area contributed by atoms with Gasteiger partial charge in [-0.15, -0.1) is 0 Å². The van der Waals surface area contributed by atoms with Gasteiger partial charge in [-0.2, -0.15) is 4.75 Å². The summed E-state index contributed by atoms with van der Waals surface area (Å²) >= 11 is 0. The molecule has 0 spiro atoms. The molecule has 13 heteroatoms. The first kappa shape index (κ1) is 35.6. The Balaban J connectivity index is 4.33. The minimum absolute atomic E-state index is 0.117. The number of aromatic nitrogens is 2. The van der Waals surface area contributed by atoms with Crippen LogP contribution >= 0.6 is 16.9 Å². The Morgan fingerprint density at radius 2 is 0.861 bits per heavy atom. The molecule has 0 radical (unpaired) electrons. The molecular weight excluding hydrogens is 605 g/mol. The smallest absolute Gasteiger partial charge is 0.171 e. The van der Waals surface area contributed by atoms with Crippen molar-refractivity contribution < 1.29 is 0 Å². The predicted molar refractivity (Wildman–Crippen MR) is 196 cm³/mol. The van der Waals surface area contributed by atoms with Crippen LogP contribution in [0.1, 0.15) is 20.8 Å². The molecule has 0 N–H and O–H groups in total. The molecule has 36 heavy (non-hydrogen) atoms. The zero-order chi connectivity index (χ0) is 29.4. The summed E-state index contributed by atoms with van der Waals surface area (Å²) in [4.78, 5) is 0. The van der Waals surface area contributed by atoms with Gasteiger partial charge in [0.1, 0.15) is 22.1 Å². The van der Waals surface area contributed by atoms with E-state index in [9.17, 15) is 0 Å². The molecule has 212 valence electrons. The Bertz CT molecular complexity index is 846. The van der Waals surface area contributed by atoms with Crippen LogP contribution in [0.4, 0.5) is 5.55 Å². The summed E-state index contributed by atoms with van der Waals surface area (Å²) in [5.41, 5.74) is 1.60. The summed E-state index contributed by atoms with van der Waals surface area (Å²) < 4.78 is 11.9.